The fourth-order valence-corrected chi connectivity index (χ4v) is 2.66. The van der Waals surface area contributed by atoms with Crippen molar-refractivity contribution in [2.45, 2.75) is 38.9 Å². The number of benzene rings is 2. The van der Waals surface area contributed by atoms with Crippen LogP contribution in [0.2, 0.25) is 0 Å². The van der Waals surface area contributed by atoms with Gasteiger partial charge in [0.05, 0.1) is 6.61 Å². The number of ether oxygens (including phenoxy) is 1. The Morgan fingerprint density at radius 2 is 1.48 bits per heavy atom. The molecule has 0 aromatic heterocycles. The van der Waals surface area contributed by atoms with Crippen molar-refractivity contribution < 1.29 is 9.84 Å². The van der Waals surface area contributed by atoms with E-state index in [1.165, 1.54) is 36.8 Å². The first kappa shape index (κ1) is 14.2. The SMILES string of the molecule is OCc1ccc(OCc2ccc(CC3CCC3)cc2)cc1. The number of aliphatic hydroxyl groups is 1. The van der Waals surface area contributed by atoms with Crippen LogP contribution < -0.4 is 4.74 Å². The van der Waals surface area contributed by atoms with Crippen LogP contribution in [-0.2, 0) is 19.6 Å². The minimum absolute atomic E-state index is 0.0722. The van der Waals surface area contributed by atoms with Crippen LogP contribution in [-0.4, -0.2) is 5.11 Å². The van der Waals surface area contributed by atoms with Gasteiger partial charge in [-0.1, -0.05) is 55.7 Å². The molecule has 0 amide bonds. The van der Waals surface area contributed by atoms with E-state index in [0.29, 0.717) is 6.61 Å². The van der Waals surface area contributed by atoms with Crippen molar-refractivity contribution in [3.05, 3.63) is 65.2 Å². The maximum Gasteiger partial charge on any atom is 0.119 e. The number of rotatable bonds is 6. The van der Waals surface area contributed by atoms with Crippen LogP contribution >= 0.6 is 0 Å². The van der Waals surface area contributed by atoms with Crippen molar-refractivity contribution >= 4 is 0 Å². The van der Waals surface area contributed by atoms with E-state index < -0.39 is 0 Å². The summed E-state index contributed by atoms with van der Waals surface area (Å²) in [6.07, 6.45) is 5.43. The maximum atomic E-state index is 9.01. The number of aliphatic hydroxyl groups excluding tert-OH is 1. The first-order chi connectivity index (χ1) is 10.3. The summed E-state index contributed by atoms with van der Waals surface area (Å²) in [5.41, 5.74) is 3.54. The molecule has 0 saturated heterocycles. The first-order valence-electron chi connectivity index (χ1n) is 7.74. The second-order valence-corrected chi connectivity index (χ2v) is 5.91. The molecule has 3 rings (SSSR count). The Morgan fingerprint density at radius 3 is 2.05 bits per heavy atom. The Morgan fingerprint density at radius 1 is 0.857 bits per heavy atom. The molecule has 2 nitrogen and oxygen atoms in total. The second-order valence-electron chi connectivity index (χ2n) is 5.91. The Balaban J connectivity index is 1.52. The fraction of sp³-hybridized carbons (Fsp3) is 0.368. The van der Waals surface area contributed by atoms with Gasteiger partial charge in [0.25, 0.3) is 0 Å². The normalized spacial score (nSPS) is 14.7. The Bertz CT molecular complexity index is 553. The zero-order valence-corrected chi connectivity index (χ0v) is 12.3. The monoisotopic (exact) mass is 282 g/mol. The predicted octanol–water partition coefficient (Wildman–Crippen LogP) is 4.10. The van der Waals surface area contributed by atoms with E-state index in [-0.39, 0.29) is 6.61 Å². The van der Waals surface area contributed by atoms with Gasteiger partial charge in [0.1, 0.15) is 12.4 Å². The van der Waals surface area contributed by atoms with Gasteiger partial charge in [0.15, 0.2) is 0 Å². The summed E-state index contributed by atoms with van der Waals surface area (Å²) in [4.78, 5) is 0. The van der Waals surface area contributed by atoms with Crippen molar-refractivity contribution in [2.75, 3.05) is 0 Å². The number of hydrogen-bond acceptors (Lipinski definition) is 2. The second kappa shape index (κ2) is 6.77. The summed E-state index contributed by atoms with van der Waals surface area (Å²) >= 11 is 0. The molecule has 0 radical (unpaired) electrons. The molecule has 0 spiro atoms. The molecular formula is C19H22O2. The highest BCUT2D eigenvalue weighted by Crippen LogP contribution is 2.29. The summed E-state index contributed by atoms with van der Waals surface area (Å²) < 4.78 is 5.76. The number of hydrogen-bond donors (Lipinski definition) is 1. The molecule has 1 fully saturated rings. The van der Waals surface area contributed by atoms with Gasteiger partial charge < -0.3 is 9.84 Å². The summed E-state index contributed by atoms with van der Waals surface area (Å²) in [5, 5.41) is 9.01. The Hall–Kier alpha value is -1.80. The van der Waals surface area contributed by atoms with E-state index in [1.54, 1.807) is 0 Å². The van der Waals surface area contributed by atoms with Crippen LogP contribution in [0.4, 0.5) is 0 Å². The molecule has 1 N–H and O–H groups in total. The summed E-state index contributed by atoms with van der Waals surface area (Å²) in [6.45, 7) is 0.658. The van der Waals surface area contributed by atoms with E-state index in [0.717, 1.165) is 17.2 Å². The van der Waals surface area contributed by atoms with Crippen molar-refractivity contribution in [1.82, 2.24) is 0 Å². The Kier molecular flexibility index (Phi) is 4.56. The molecule has 2 aromatic rings. The molecule has 0 atom stereocenters. The van der Waals surface area contributed by atoms with Gasteiger partial charge >= 0.3 is 0 Å². The topological polar surface area (TPSA) is 29.5 Å². The highest BCUT2D eigenvalue weighted by atomic mass is 16.5. The van der Waals surface area contributed by atoms with E-state index in [1.807, 2.05) is 24.3 Å². The standard InChI is InChI=1S/C19H22O2/c20-13-17-8-10-19(11-9-17)21-14-18-6-4-16(5-7-18)12-15-2-1-3-15/h4-11,15,20H,1-3,12-14H2. The fourth-order valence-electron chi connectivity index (χ4n) is 2.66. The Labute approximate surface area is 126 Å². The zero-order valence-electron chi connectivity index (χ0n) is 12.3. The molecule has 0 bridgehead atoms. The average molecular weight is 282 g/mol. The molecule has 1 aliphatic rings. The highest BCUT2D eigenvalue weighted by molar-refractivity contribution is 5.28. The van der Waals surface area contributed by atoms with Gasteiger partial charge in [-0.05, 0) is 41.2 Å². The lowest BCUT2D eigenvalue weighted by Crippen LogP contribution is -2.13. The quantitative estimate of drug-likeness (QED) is 0.864. The lowest BCUT2D eigenvalue weighted by Gasteiger charge is -2.25. The molecule has 0 unspecified atom stereocenters. The highest BCUT2D eigenvalue weighted by Gasteiger charge is 2.17. The lowest BCUT2D eigenvalue weighted by atomic mass is 9.81. The van der Waals surface area contributed by atoms with Gasteiger partial charge in [0.2, 0.25) is 0 Å². The smallest absolute Gasteiger partial charge is 0.119 e. The molecule has 110 valence electrons. The molecule has 0 aliphatic heterocycles. The minimum Gasteiger partial charge on any atom is -0.489 e. The average Bonchev–Trinajstić information content (AvgIpc) is 2.50. The van der Waals surface area contributed by atoms with Gasteiger partial charge in [-0.2, -0.15) is 0 Å². The van der Waals surface area contributed by atoms with E-state index in [4.69, 9.17) is 9.84 Å². The molecule has 0 heterocycles. The van der Waals surface area contributed by atoms with Crippen LogP contribution in [0, 0.1) is 5.92 Å². The lowest BCUT2D eigenvalue weighted by molar-refractivity contribution is 0.280. The van der Waals surface area contributed by atoms with Crippen LogP contribution in [0.25, 0.3) is 0 Å². The first-order valence-corrected chi connectivity index (χ1v) is 7.74. The van der Waals surface area contributed by atoms with E-state index in [2.05, 4.69) is 24.3 Å². The molecule has 21 heavy (non-hydrogen) atoms. The third-order valence-corrected chi connectivity index (χ3v) is 4.28. The molecule has 1 aliphatic carbocycles. The maximum absolute atomic E-state index is 9.01. The van der Waals surface area contributed by atoms with Crippen LogP contribution in [0.3, 0.4) is 0 Å². The molecular weight excluding hydrogens is 260 g/mol. The van der Waals surface area contributed by atoms with E-state index in [9.17, 15) is 0 Å². The summed E-state index contributed by atoms with van der Waals surface area (Å²) in [6, 6.07) is 16.4. The third-order valence-electron chi connectivity index (χ3n) is 4.28. The van der Waals surface area contributed by atoms with Gasteiger partial charge in [0, 0.05) is 0 Å². The molecule has 2 heteroatoms. The summed E-state index contributed by atoms with van der Waals surface area (Å²) in [5.74, 6) is 1.75. The van der Waals surface area contributed by atoms with Crippen molar-refractivity contribution in [3.63, 3.8) is 0 Å². The minimum atomic E-state index is 0.0722. The van der Waals surface area contributed by atoms with Crippen LogP contribution in [0.5, 0.6) is 5.75 Å². The van der Waals surface area contributed by atoms with Crippen molar-refractivity contribution in [3.8, 4) is 5.75 Å². The van der Waals surface area contributed by atoms with E-state index >= 15 is 0 Å². The summed E-state index contributed by atoms with van der Waals surface area (Å²) in [7, 11) is 0. The predicted molar refractivity (Wildman–Crippen MR) is 84.2 cm³/mol. The van der Waals surface area contributed by atoms with Gasteiger partial charge in [-0.3, -0.25) is 0 Å². The van der Waals surface area contributed by atoms with Crippen molar-refractivity contribution in [2.24, 2.45) is 5.92 Å². The van der Waals surface area contributed by atoms with Crippen LogP contribution in [0.1, 0.15) is 36.0 Å². The molecule has 2 aromatic carbocycles. The third kappa shape index (κ3) is 3.85. The van der Waals surface area contributed by atoms with Crippen molar-refractivity contribution in [1.29, 1.82) is 0 Å². The molecule has 1 saturated carbocycles. The van der Waals surface area contributed by atoms with Crippen LogP contribution in [0.15, 0.2) is 48.5 Å². The zero-order chi connectivity index (χ0) is 14.5. The largest absolute Gasteiger partial charge is 0.489 e. The van der Waals surface area contributed by atoms with Gasteiger partial charge in [-0.25, -0.2) is 0 Å². The van der Waals surface area contributed by atoms with Gasteiger partial charge in [-0.15, -0.1) is 0 Å².